The lowest BCUT2D eigenvalue weighted by molar-refractivity contribution is 0.449. The van der Waals surface area contributed by atoms with Crippen molar-refractivity contribution in [1.29, 1.82) is 0 Å². The maximum absolute atomic E-state index is 12.1. The first kappa shape index (κ1) is 26.7. The van der Waals surface area contributed by atoms with Crippen LogP contribution in [0.1, 0.15) is 0 Å². The Morgan fingerprint density at radius 2 is 1.08 bits per heavy atom. The van der Waals surface area contributed by atoms with Crippen LogP contribution in [-0.4, -0.2) is 104 Å². The van der Waals surface area contributed by atoms with Gasteiger partial charge >= 0.3 is 69.5 Å². The molecule has 0 saturated heterocycles. The summed E-state index contributed by atoms with van der Waals surface area (Å²) < 4.78 is 117. The van der Waals surface area contributed by atoms with Crippen molar-refractivity contribution in [1.82, 2.24) is 0 Å². The molecule has 0 aromatic carbocycles. The highest BCUT2D eigenvalue weighted by Crippen LogP contribution is 1.89. The number of hydrogen-bond donors (Lipinski definition) is 0. The van der Waals surface area contributed by atoms with Gasteiger partial charge in [-0.05, 0) is 13.1 Å². The van der Waals surface area contributed by atoms with Crippen LogP contribution in [0.4, 0.5) is 0 Å². The third kappa shape index (κ3) is 7.62. The minimum Gasteiger partial charge on any atom is -0.456 e. The minimum atomic E-state index is -3.70. The van der Waals surface area contributed by atoms with Gasteiger partial charge in [0.2, 0.25) is 18.3 Å². The fourth-order valence-electron chi connectivity index (χ4n) is 1.28. The highest BCUT2D eigenvalue weighted by molar-refractivity contribution is 7.77. The van der Waals surface area contributed by atoms with Gasteiger partial charge in [-0.25, -0.2) is 0 Å². The molecule has 136 valence electrons. The summed E-state index contributed by atoms with van der Waals surface area (Å²) in [5.74, 6) is 0. The average Bonchev–Trinajstić information content (AvgIpc) is 2.63. The van der Waals surface area contributed by atoms with Gasteiger partial charge in [0.15, 0.2) is 0 Å². The van der Waals surface area contributed by atoms with E-state index >= 15 is 0 Å². The van der Waals surface area contributed by atoms with Crippen LogP contribution in [0, 0.1) is 0 Å². The van der Waals surface area contributed by atoms with Gasteiger partial charge < -0.3 is 48.7 Å². The number of hydrogen-bond acceptors (Lipinski definition) is 11. The Labute approximate surface area is 165 Å². The van der Waals surface area contributed by atoms with Crippen molar-refractivity contribution >= 4 is 97.1 Å². The summed E-state index contributed by atoms with van der Waals surface area (Å²) in [6, 6.07) is 0. The van der Waals surface area contributed by atoms with Crippen molar-refractivity contribution in [2.75, 3.05) is 7.11 Å². The average molecular weight is 559 g/mol. The van der Waals surface area contributed by atoms with Crippen LogP contribution in [0.15, 0.2) is 0 Å². The predicted octanol–water partition coefficient (Wildman–Crippen LogP) is -4.71. The van der Waals surface area contributed by atoms with E-state index < -0.39 is 87.3 Å². The van der Waals surface area contributed by atoms with Gasteiger partial charge in [-0.3, -0.25) is 0 Å². The van der Waals surface area contributed by atoms with Gasteiger partial charge in [0.05, 0.1) is 0 Å². The first-order valence-corrected chi connectivity index (χ1v) is 33.9. The second-order valence-corrected chi connectivity index (χ2v) is 55.1. The van der Waals surface area contributed by atoms with Gasteiger partial charge in [-0.2, -0.15) is 0 Å². The predicted molar refractivity (Wildman–Crippen MR) is 96.4 cm³/mol. The lowest BCUT2D eigenvalue weighted by Crippen LogP contribution is -2.54. The van der Waals surface area contributed by atoms with E-state index in [-0.39, 0.29) is 9.76 Å². The maximum Gasteiger partial charge on any atom is 0.381 e. The fourth-order valence-corrected chi connectivity index (χ4v) is 108. The standard InChI is InChI=1S/C3H10O11Si12/c1-13-16-18(4)20(6)22(8)24(10)26(12)25(11)23(9)21(7)19(5)17(3)14-15-2/h17H,1-3H3. The summed E-state index contributed by atoms with van der Waals surface area (Å²) >= 11 is 0. The molecule has 26 heavy (non-hydrogen) atoms. The van der Waals surface area contributed by atoms with Crippen LogP contribution in [0.3, 0.4) is 0 Å². The largest absolute Gasteiger partial charge is 0.456 e. The first-order chi connectivity index (χ1) is 12.0. The van der Waals surface area contributed by atoms with Gasteiger partial charge in [0.25, 0.3) is 9.28 Å². The summed E-state index contributed by atoms with van der Waals surface area (Å²) in [6.45, 7) is 3.14. The smallest absolute Gasteiger partial charge is 0.381 e. The SMILES string of the molecule is CO[Si][Si](=O)[Si](=O)[Si](=O)[Si](=O)[Si](=O)[Si](=O)[Si](=O)[Si](=O)[Si](=O)[SiH](C)O[Si]C. The summed E-state index contributed by atoms with van der Waals surface area (Å²) in [7, 11) is -32.5. The van der Waals surface area contributed by atoms with E-state index in [2.05, 4.69) is 4.43 Å². The summed E-state index contributed by atoms with van der Waals surface area (Å²) in [6.07, 6.45) is 0. The van der Waals surface area contributed by atoms with Crippen molar-refractivity contribution in [3.05, 3.63) is 0 Å². The minimum absolute atomic E-state index is 0.00748. The van der Waals surface area contributed by atoms with Crippen molar-refractivity contribution in [3.8, 4) is 0 Å². The maximum atomic E-state index is 12.1. The van der Waals surface area contributed by atoms with E-state index in [1.807, 2.05) is 0 Å². The molecular weight excluding hydrogens is 549 g/mol. The van der Waals surface area contributed by atoms with Gasteiger partial charge in [0.1, 0.15) is 0 Å². The molecule has 0 spiro atoms. The summed E-state index contributed by atoms with van der Waals surface area (Å²) in [5, 5.41) is 0. The van der Waals surface area contributed by atoms with Crippen LogP contribution < -0.4 is 0 Å². The molecule has 0 aromatic rings. The molecule has 1 unspecified atom stereocenters. The molecule has 0 fully saturated rings. The highest BCUT2D eigenvalue weighted by Gasteiger charge is 2.50. The lowest BCUT2D eigenvalue weighted by Gasteiger charge is -2.03. The van der Waals surface area contributed by atoms with Crippen LogP contribution >= 0.6 is 0 Å². The van der Waals surface area contributed by atoms with E-state index in [0.717, 1.165) is 0 Å². The van der Waals surface area contributed by atoms with Crippen molar-refractivity contribution in [3.63, 3.8) is 0 Å². The molecule has 0 aliphatic rings. The Balaban J connectivity index is 5.20. The molecule has 0 aromatic heterocycles. The summed E-state index contributed by atoms with van der Waals surface area (Å²) in [4.78, 5) is 0. The molecule has 0 aliphatic carbocycles. The van der Waals surface area contributed by atoms with E-state index in [4.69, 9.17) is 4.12 Å². The van der Waals surface area contributed by atoms with E-state index in [1.54, 1.807) is 6.55 Å². The summed E-state index contributed by atoms with van der Waals surface area (Å²) in [5.41, 5.74) is 0. The monoisotopic (exact) mass is 558 g/mol. The molecule has 0 bridgehead atoms. The van der Waals surface area contributed by atoms with Crippen LogP contribution in [0.25, 0.3) is 0 Å². The van der Waals surface area contributed by atoms with Crippen LogP contribution in [0.5, 0.6) is 0 Å². The Bertz CT molecular complexity index is 724. The molecule has 1 atom stereocenters. The molecule has 11 nitrogen and oxygen atoms in total. The molecule has 0 rings (SSSR count). The molecule has 0 amide bonds. The number of rotatable bonds is 13. The first-order valence-electron chi connectivity index (χ1n) is 6.51. The fraction of sp³-hybridized carbons (Fsp3) is 1.00. The Morgan fingerprint density at radius 1 is 0.692 bits per heavy atom. The van der Waals surface area contributed by atoms with Crippen LogP contribution in [0.2, 0.25) is 13.1 Å². The topological polar surface area (TPSA) is 172 Å². The van der Waals surface area contributed by atoms with Crippen molar-refractivity contribution in [2.45, 2.75) is 13.1 Å². The Hall–Kier alpha value is 0.723. The molecule has 0 aliphatic heterocycles. The molecule has 23 heteroatoms. The van der Waals surface area contributed by atoms with Crippen LogP contribution in [-0.2, 0) is 48.7 Å². The van der Waals surface area contributed by atoms with Gasteiger partial charge in [-0.1, -0.05) is 0 Å². The second kappa shape index (κ2) is 13.0. The van der Waals surface area contributed by atoms with E-state index in [1.165, 1.54) is 13.7 Å². The van der Waals surface area contributed by atoms with E-state index in [9.17, 15) is 40.2 Å². The third-order valence-electron chi connectivity index (χ3n) is 2.53. The second-order valence-electron chi connectivity index (χ2n) is 4.27. The lowest BCUT2D eigenvalue weighted by atomic mass is 11.8. The zero-order valence-electron chi connectivity index (χ0n) is 13.6. The Morgan fingerprint density at radius 3 is 1.46 bits per heavy atom. The molecule has 4 radical (unpaired) electrons. The third-order valence-corrected chi connectivity index (χ3v) is 79.9. The molecule has 0 heterocycles. The molecular formula is C3H10O11Si12. The zero-order chi connectivity index (χ0) is 20.6. The Kier molecular flexibility index (Phi) is 13.4. The zero-order valence-corrected chi connectivity index (χ0v) is 25.7. The van der Waals surface area contributed by atoms with Crippen molar-refractivity contribution in [2.24, 2.45) is 0 Å². The van der Waals surface area contributed by atoms with Gasteiger partial charge in [0, 0.05) is 7.11 Å². The quantitative estimate of drug-likeness (QED) is 0.199. The normalized spacial score (nSPS) is 11.2. The molecule has 0 N–H and O–H groups in total. The van der Waals surface area contributed by atoms with Crippen molar-refractivity contribution < 1.29 is 48.7 Å². The molecule has 0 saturated carbocycles. The van der Waals surface area contributed by atoms with E-state index in [0.29, 0.717) is 0 Å². The highest BCUT2D eigenvalue weighted by atomic mass is 30.1. The van der Waals surface area contributed by atoms with Gasteiger partial charge in [-0.15, -0.1) is 0 Å².